The Morgan fingerprint density at radius 1 is 1.40 bits per heavy atom. The van der Waals surface area contributed by atoms with Crippen molar-refractivity contribution in [2.24, 2.45) is 0 Å². The van der Waals surface area contributed by atoms with Crippen LogP contribution in [0.2, 0.25) is 0 Å². The van der Waals surface area contributed by atoms with E-state index in [4.69, 9.17) is 11.6 Å². The zero-order chi connectivity index (χ0) is 11.4. The largest absolute Gasteiger partial charge is 0.389 e. The van der Waals surface area contributed by atoms with Crippen molar-refractivity contribution in [3.63, 3.8) is 0 Å². The average Bonchev–Trinajstić information content (AvgIpc) is 2.26. The summed E-state index contributed by atoms with van der Waals surface area (Å²) in [6.45, 7) is 0. The lowest BCUT2D eigenvalue weighted by molar-refractivity contribution is 0.0326. The quantitative estimate of drug-likeness (QED) is 0.658. The van der Waals surface area contributed by atoms with Gasteiger partial charge in [0.15, 0.2) is 0 Å². The first-order chi connectivity index (χ1) is 7.08. The molecule has 0 bridgehead atoms. The van der Waals surface area contributed by atoms with E-state index in [1.54, 1.807) is 12.1 Å². The second-order valence-electron chi connectivity index (χ2n) is 3.10. The Kier molecular flexibility index (Phi) is 4.73. The smallest absolute Gasteiger partial charge is 0.150 e. The maximum atomic E-state index is 10.6. The molecule has 2 unspecified atom stereocenters. The summed E-state index contributed by atoms with van der Waals surface area (Å²) in [6.07, 6.45) is -1.45. The van der Waals surface area contributed by atoms with Crippen molar-refractivity contribution in [2.45, 2.75) is 12.2 Å². The first-order valence-electron chi connectivity index (χ1n) is 4.26. The summed E-state index contributed by atoms with van der Waals surface area (Å²) >= 11 is 8.63. The van der Waals surface area contributed by atoms with E-state index in [2.05, 4.69) is 15.9 Å². The third kappa shape index (κ3) is 3.28. The molecule has 0 amide bonds. The van der Waals surface area contributed by atoms with Gasteiger partial charge in [-0.05, 0) is 23.8 Å². The molecule has 0 fully saturated rings. The molecule has 3 nitrogen and oxygen atoms in total. The fraction of sp³-hybridized carbons (Fsp3) is 0.300. The van der Waals surface area contributed by atoms with Gasteiger partial charge in [-0.1, -0.05) is 15.9 Å². The van der Waals surface area contributed by atoms with Gasteiger partial charge >= 0.3 is 0 Å². The number of aldehydes is 1. The Labute approximate surface area is 101 Å². The minimum Gasteiger partial charge on any atom is -0.389 e. The number of halogens is 2. The molecular weight excluding hydrogens is 283 g/mol. The number of alkyl halides is 1. The number of aliphatic hydroxyl groups is 2. The zero-order valence-electron chi connectivity index (χ0n) is 7.73. The SMILES string of the molecule is O=Cc1cc(Br)cc(C(O)C(O)CCl)c1. The molecule has 5 heteroatoms. The van der Waals surface area contributed by atoms with Crippen LogP contribution in [0.3, 0.4) is 0 Å². The summed E-state index contributed by atoms with van der Waals surface area (Å²) in [5.41, 5.74) is 0.889. The number of carbonyl (C=O) groups is 1. The van der Waals surface area contributed by atoms with E-state index >= 15 is 0 Å². The Bertz CT molecular complexity index is 357. The number of hydrogen-bond acceptors (Lipinski definition) is 3. The maximum absolute atomic E-state index is 10.6. The maximum Gasteiger partial charge on any atom is 0.150 e. The Morgan fingerprint density at radius 2 is 2.07 bits per heavy atom. The van der Waals surface area contributed by atoms with Crippen LogP contribution in [-0.2, 0) is 0 Å². The number of benzene rings is 1. The van der Waals surface area contributed by atoms with Gasteiger partial charge in [0.1, 0.15) is 12.4 Å². The monoisotopic (exact) mass is 292 g/mol. The summed E-state index contributed by atoms with van der Waals surface area (Å²) in [6, 6.07) is 4.77. The highest BCUT2D eigenvalue weighted by molar-refractivity contribution is 9.10. The highest BCUT2D eigenvalue weighted by Gasteiger charge is 2.18. The Balaban J connectivity index is 3.02. The van der Waals surface area contributed by atoms with Crippen LogP contribution in [0.4, 0.5) is 0 Å². The van der Waals surface area contributed by atoms with Gasteiger partial charge in [-0.15, -0.1) is 11.6 Å². The molecule has 2 N–H and O–H groups in total. The fourth-order valence-corrected chi connectivity index (χ4v) is 1.88. The molecular formula is C10H10BrClO3. The van der Waals surface area contributed by atoms with E-state index in [1.165, 1.54) is 6.07 Å². The van der Waals surface area contributed by atoms with Crippen molar-refractivity contribution in [1.29, 1.82) is 0 Å². The van der Waals surface area contributed by atoms with Crippen molar-refractivity contribution in [3.8, 4) is 0 Å². The third-order valence-electron chi connectivity index (χ3n) is 1.94. The highest BCUT2D eigenvalue weighted by atomic mass is 79.9. The van der Waals surface area contributed by atoms with E-state index in [-0.39, 0.29) is 5.88 Å². The molecule has 2 atom stereocenters. The second-order valence-corrected chi connectivity index (χ2v) is 4.33. The molecule has 0 aliphatic carbocycles. The summed E-state index contributed by atoms with van der Waals surface area (Å²) in [5, 5.41) is 19.0. The summed E-state index contributed by atoms with van der Waals surface area (Å²) < 4.78 is 0.669. The predicted molar refractivity (Wildman–Crippen MR) is 61.2 cm³/mol. The van der Waals surface area contributed by atoms with Crippen molar-refractivity contribution >= 4 is 33.8 Å². The third-order valence-corrected chi connectivity index (χ3v) is 2.72. The molecule has 0 heterocycles. The molecule has 0 aromatic heterocycles. The van der Waals surface area contributed by atoms with Gasteiger partial charge in [-0.3, -0.25) is 4.79 Å². The van der Waals surface area contributed by atoms with Gasteiger partial charge in [0, 0.05) is 10.0 Å². The molecule has 0 spiro atoms. The van der Waals surface area contributed by atoms with Gasteiger partial charge in [0.25, 0.3) is 0 Å². The average molecular weight is 294 g/mol. The van der Waals surface area contributed by atoms with Gasteiger partial charge in [-0.25, -0.2) is 0 Å². The minimum atomic E-state index is -1.08. The van der Waals surface area contributed by atoms with Crippen LogP contribution in [0.25, 0.3) is 0 Å². The van der Waals surface area contributed by atoms with E-state index in [9.17, 15) is 15.0 Å². The first kappa shape index (κ1) is 12.6. The van der Waals surface area contributed by atoms with Crippen LogP contribution in [0.1, 0.15) is 22.0 Å². The molecule has 1 aromatic carbocycles. The molecule has 1 rings (SSSR count). The van der Waals surface area contributed by atoms with Crippen molar-refractivity contribution in [1.82, 2.24) is 0 Å². The van der Waals surface area contributed by atoms with Crippen molar-refractivity contribution in [3.05, 3.63) is 33.8 Å². The molecule has 0 aliphatic rings. The highest BCUT2D eigenvalue weighted by Crippen LogP contribution is 2.23. The standard InChI is InChI=1S/C10H10BrClO3/c11-8-2-6(5-13)1-7(3-8)10(15)9(14)4-12/h1-3,5,9-10,14-15H,4H2. The lowest BCUT2D eigenvalue weighted by Crippen LogP contribution is -2.19. The zero-order valence-corrected chi connectivity index (χ0v) is 10.1. The Morgan fingerprint density at radius 3 is 2.60 bits per heavy atom. The van der Waals surface area contributed by atoms with Gasteiger partial charge in [0.05, 0.1) is 12.0 Å². The summed E-state index contributed by atoms with van der Waals surface area (Å²) in [4.78, 5) is 10.6. The lowest BCUT2D eigenvalue weighted by atomic mass is 10.0. The molecule has 0 saturated carbocycles. The molecule has 1 aromatic rings. The molecule has 0 radical (unpaired) electrons. The number of aliphatic hydroxyl groups excluding tert-OH is 2. The van der Waals surface area contributed by atoms with E-state index in [0.717, 1.165) is 0 Å². The fourth-order valence-electron chi connectivity index (χ4n) is 1.18. The molecule has 82 valence electrons. The van der Waals surface area contributed by atoms with Crippen molar-refractivity contribution < 1.29 is 15.0 Å². The van der Waals surface area contributed by atoms with Crippen LogP contribution in [0, 0.1) is 0 Å². The summed E-state index contributed by atoms with van der Waals surface area (Å²) in [5.74, 6) is -0.0654. The second kappa shape index (κ2) is 5.61. The van der Waals surface area contributed by atoms with Crippen LogP contribution in [-0.4, -0.2) is 28.5 Å². The first-order valence-corrected chi connectivity index (χ1v) is 5.59. The molecule has 0 saturated heterocycles. The van der Waals surface area contributed by atoms with Gasteiger partial charge < -0.3 is 10.2 Å². The normalized spacial score (nSPS) is 14.7. The topological polar surface area (TPSA) is 57.5 Å². The van der Waals surface area contributed by atoms with Gasteiger partial charge in [-0.2, -0.15) is 0 Å². The van der Waals surface area contributed by atoms with E-state index < -0.39 is 12.2 Å². The molecule has 15 heavy (non-hydrogen) atoms. The number of rotatable bonds is 4. The number of carbonyl (C=O) groups excluding carboxylic acids is 1. The van der Waals surface area contributed by atoms with Crippen LogP contribution in [0.5, 0.6) is 0 Å². The van der Waals surface area contributed by atoms with Crippen LogP contribution in [0.15, 0.2) is 22.7 Å². The van der Waals surface area contributed by atoms with Crippen LogP contribution < -0.4 is 0 Å². The van der Waals surface area contributed by atoms with E-state index in [1.807, 2.05) is 0 Å². The van der Waals surface area contributed by atoms with Crippen LogP contribution >= 0.6 is 27.5 Å². The Hall–Kier alpha value is -0.420. The number of hydrogen-bond donors (Lipinski definition) is 2. The van der Waals surface area contributed by atoms with Gasteiger partial charge in [0.2, 0.25) is 0 Å². The minimum absolute atomic E-state index is 0.0654. The summed E-state index contributed by atoms with van der Waals surface area (Å²) in [7, 11) is 0. The lowest BCUT2D eigenvalue weighted by Gasteiger charge is -2.16. The predicted octanol–water partition coefficient (Wildman–Crippen LogP) is 1.89. The van der Waals surface area contributed by atoms with Crippen molar-refractivity contribution in [2.75, 3.05) is 5.88 Å². The van der Waals surface area contributed by atoms with E-state index in [0.29, 0.717) is 21.9 Å². The molecule has 0 aliphatic heterocycles.